The average molecular weight is 232 g/mol. The van der Waals surface area contributed by atoms with E-state index in [4.69, 9.17) is 0 Å². The van der Waals surface area contributed by atoms with E-state index in [2.05, 4.69) is 42.7 Å². The van der Waals surface area contributed by atoms with Gasteiger partial charge in [-0.15, -0.1) is 0 Å². The molecule has 0 saturated carbocycles. The molecule has 2 N–H and O–H groups in total. The second-order valence-corrected chi connectivity index (χ2v) is 5.18. The van der Waals surface area contributed by atoms with Crippen molar-refractivity contribution in [3.05, 3.63) is 29.3 Å². The van der Waals surface area contributed by atoms with Crippen molar-refractivity contribution in [2.45, 2.75) is 33.1 Å². The van der Waals surface area contributed by atoms with Crippen LogP contribution < -0.4 is 10.6 Å². The smallest absolute Gasteiger partial charge is 0.0372 e. The summed E-state index contributed by atoms with van der Waals surface area (Å²) in [5.41, 5.74) is 4.05. The Labute approximate surface area is 105 Å². The van der Waals surface area contributed by atoms with Crippen molar-refractivity contribution in [3.8, 4) is 0 Å². The number of anilines is 1. The van der Waals surface area contributed by atoms with E-state index < -0.39 is 0 Å². The van der Waals surface area contributed by atoms with Crippen molar-refractivity contribution >= 4 is 5.69 Å². The fraction of sp³-hybridized carbons (Fsp3) is 0.600. The molecule has 2 nitrogen and oxygen atoms in total. The lowest BCUT2D eigenvalue weighted by atomic mass is 9.96. The third kappa shape index (κ3) is 3.47. The van der Waals surface area contributed by atoms with Gasteiger partial charge in [-0.2, -0.15) is 0 Å². The van der Waals surface area contributed by atoms with Gasteiger partial charge in [0.1, 0.15) is 0 Å². The molecule has 1 unspecified atom stereocenters. The molecule has 1 aliphatic rings. The molecule has 94 valence electrons. The van der Waals surface area contributed by atoms with Crippen molar-refractivity contribution in [1.29, 1.82) is 0 Å². The Morgan fingerprint density at radius 3 is 3.00 bits per heavy atom. The van der Waals surface area contributed by atoms with Crippen molar-refractivity contribution < 1.29 is 0 Å². The molecule has 17 heavy (non-hydrogen) atoms. The lowest BCUT2D eigenvalue weighted by Gasteiger charge is -2.23. The van der Waals surface area contributed by atoms with Gasteiger partial charge in [0.2, 0.25) is 0 Å². The summed E-state index contributed by atoms with van der Waals surface area (Å²) in [5.74, 6) is 0.862. The maximum Gasteiger partial charge on any atom is 0.0372 e. The zero-order valence-corrected chi connectivity index (χ0v) is 11.1. The molecular formula is C15H24N2. The zero-order chi connectivity index (χ0) is 12.1. The average Bonchev–Trinajstić information content (AvgIpc) is 2.36. The minimum absolute atomic E-state index is 0.862. The van der Waals surface area contributed by atoms with Crippen LogP contribution in [0.25, 0.3) is 0 Å². The maximum atomic E-state index is 3.57. The quantitative estimate of drug-likeness (QED) is 0.833. The van der Waals surface area contributed by atoms with Crippen LogP contribution in [0.4, 0.5) is 5.69 Å². The van der Waals surface area contributed by atoms with Gasteiger partial charge in [0, 0.05) is 12.2 Å². The lowest BCUT2D eigenvalue weighted by Crippen LogP contribution is -2.30. The van der Waals surface area contributed by atoms with E-state index in [0.717, 1.165) is 12.5 Å². The number of rotatable bonds is 4. The predicted molar refractivity (Wildman–Crippen MR) is 74.6 cm³/mol. The summed E-state index contributed by atoms with van der Waals surface area (Å²) < 4.78 is 0. The molecule has 1 heterocycles. The molecular weight excluding hydrogens is 208 g/mol. The van der Waals surface area contributed by atoms with E-state index in [-0.39, 0.29) is 0 Å². The summed E-state index contributed by atoms with van der Waals surface area (Å²) in [5, 5.41) is 7.05. The van der Waals surface area contributed by atoms with Crippen molar-refractivity contribution in [2.24, 2.45) is 5.92 Å². The fourth-order valence-corrected chi connectivity index (χ4v) is 2.52. The van der Waals surface area contributed by atoms with Crippen LogP contribution in [0.5, 0.6) is 0 Å². The first kappa shape index (κ1) is 12.4. The number of hydrogen-bond donors (Lipinski definition) is 2. The first-order chi connectivity index (χ1) is 8.27. The van der Waals surface area contributed by atoms with E-state index in [9.17, 15) is 0 Å². The topological polar surface area (TPSA) is 24.1 Å². The van der Waals surface area contributed by atoms with Crippen LogP contribution in [0.3, 0.4) is 0 Å². The van der Waals surface area contributed by atoms with Gasteiger partial charge in [-0.3, -0.25) is 0 Å². The van der Waals surface area contributed by atoms with Crippen LogP contribution in [-0.4, -0.2) is 19.6 Å². The SMILES string of the molecule is Cc1cccc(NCCC2CCCNC2)c1C. The Morgan fingerprint density at radius 2 is 2.24 bits per heavy atom. The summed E-state index contributed by atoms with van der Waals surface area (Å²) >= 11 is 0. The van der Waals surface area contributed by atoms with Crippen LogP contribution in [0.15, 0.2) is 18.2 Å². The standard InChI is InChI=1S/C15H24N2/c1-12-5-3-7-15(13(12)2)17-10-8-14-6-4-9-16-11-14/h3,5,7,14,16-17H,4,6,8-11H2,1-2H3. The van der Waals surface area contributed by atoms with Gasteiger partial charge in [-0.1, -0.05) is 12.1 Å². The Balaban J connectivity index is 1.79. The van der Waals surface area contributed by atoms with Crippen molar-refractivity contribution in [2.75, 3.05) is 25.0 Å². The molecule has 0 radical (unpaired) electrons. The Hall–Kier alpha value is -1.02. The molecule has 1 aromatic carbocycles. The number of nitrogens with one attached hydrogen (secondary N) is 2. The molecule has 1 aliphatic heterocycles. The van der Waals surface area contributed by atoms with E-state index in [0.29, 0.717) is 0 Å². The van der Waals surface area contributed by atoms with Gasteiger partial charge in [-0.25, -0.2) is 0 Å². The maximum absolute atomic E-state index is 3.57. The summed E-state index contributed by atoms with van der Waals surface area (Å²) in [7, 11) is 0. The minimum atomic E-state index is 0.862. The first-order valence-corrected chi connectivity index (χ1v) is 6.78. The van der Waals surface area contributed by atoms with Crippen LogP contribution in [0.1, 0.15) is 30.4 Å². The predicted octanol–water partition coefficient (Wildman–Crippen LogP) is 3.11. The monoisotopic (exact) mass is 232 g/mol. The van der Waals surface area contributed by atoms with Gasteiger partial charge in [0.15, 0.2) is 0 Å². The van der Waals surface area contributed by atoms with E-state index >= 15 is 0 Å². The molecule has 1 fully saturated rings. The number of aryl methyl sites for hydroxylation is 1. The molecule has 2 rings (SSSR count). The highest BCUT2D eigenvalue weighted by Gasteiger charge is 2.12. The Morgan fingerprint density at radius 1 is 1.35 bits per heavy atom. The highest BCUT2D eigenvalue weighted by molar-refractivity contribution is 5.53. The van der Waals surface area contributed by atoms with Gasteiger partial charge < -0.3 is 10.6 Å². The third-order valence-corrected chi connectivity index (χ3v) is 3.87. The highest BCUT2D eigenvalue weighted by atomic mass is 14.9. The van der Waals surface area contributed by atoms with Gasteiger partial charge in [-0.05, 0) is 69.3 Å². The molecule has 1 saturated heterocycles. The molecule has 0 aromatic heterocycles. The molecule has 1 aromatic rings. The molecule has 0 aliphatic carbocycles. The summed E-state index contributed by atoms with van der Waals surface area (Å²) in [6.45, 7) is 7.87. The number of piperidine rings is 1. The molecule has 0 bridgehead atoms. The normalized spacial score (nSPS) is 20.2. The summed E-state index contributed by atoms with van der Waals surface area (Å²) in [4.78, 5) is 0. The first-order valence-electron chi connectivity index (χ1n) is 6.78. The van der Waals surface area contributed by atoms with Crippen molar-refractivity contribution in [3.63, 3.8) is 0 Å². The summed E-state index contributed by atoms with van der Waals surface area (Å²) in [6.07, 6.45) is 4.01. The molecule has 0 amide bonds. The van der Waals surface area contributed by atoms with Crippen molar-refractivity contribution in [1.82, 2.24) is 5.32 Å². The molecule has 1 atom stereocenters. The van der Waals surface area contributed by atoms with E-state index in [1.807, 2.05) is 0 Å². The Kier molecular flexibility index (Phi) is 4.43. The second-order valence-electron chi connectivity index (χ2n) is 5.18. The molecule has 2 heteroatoms. The summed E-state index contributed by atoms with van der Waals surface area (Å²) in [6, 6.07) is 6.49. The van der Waals surface area contributed by atoms with Crippen LogP contribution in [0, 0.1) is 19.8 Å². The second kappa shape index (κ2) is 6.06. The minimum Gasteiger partial charge on any atom is -0.385 e. The largest absolute Gasteiger partial charge is 0.385 e. The van der Waals surface area contributed by atoms with E-state index in [1.54, 1.807) is 0 Å². The number of benzene rings is 1. The third-order valence-electron chi connectivity index (χ3n) is 3.87. The van der Waals surface area contributed by atoms with Gasteiger partial charge in [0.05, 0.1) is 0 Å². The molecule has 0 spiro atoms. The Bertz CT molecular complexity index is 354. The highest BCUT2D eigenvalue weighted by Crippen LogP contribution is 2.19. The van der Waals surface area contributed by atoms with Crippen LogP contribution in [0.2, 0.25) is 0 Å². The number of hydrogen-bond acceptors (Lipinski definition) is 2. The van der Waals surface area contributed by atoms with E-state index in [1.165, 1.54) is 49.2 Å². The van der Waals surface area contributed by atoms with Crippen LogP contribution >= 0.6 is 0 Å². The zero-order valence-electron chi connectivity index (χ0n) is 11.1. The van der Waals surface area contributed by atoms with Crippen LogP contribution in [-0.2, 0) is 0 Å². The lowest BCUT2D eigenvalue weighted by molar-refractivity contribution is 0.364. The van der Waals surface area contributed by atoms with Gasteiger partial charge >= 0.3 is 0 Å². The van der Waals surface area contributed by atoms with Gasteiger partial charge in [0.25, 0.3) is 0 Å². The fourth-order valence-electron chi connectivity index (χ4n) is 2.52.